The Bertz CT molecular complexity index is 644. The number of rotatable bonds is 9. The van der Waals surface area contributed by atoms with E-state index in [0.29, 0.717) is 6.61 Å². The Kier molecular flexibility index (Phi) is 8.12. The van der Waals surface area contributed by atoms with Gasteiger partial charge in [-0.2, -0.15) is 0 Å². The number of methoxy groups -OCH3 is 1. The van der Waals surface area contributed by atoms with Crippen LogP contribution >= 0.6 is 11.3 Å². The van der Waals surface area contributed by atoms with E-state index in [1.165, 1.54) is 4.88 Å². The van der Waals surface area contributed by atoms with Crippen molar-refractivity contribution in [3.8, 4) is 11.5 Å². The van der Waals surface area contributed by atoms with Gasteiger partial charge < -0.3 is 19.7 Å². The smallest absolute Gasteiger partial charge is 0.193 e. The SMILES string of the molecule is CN=C(NCCCOc1cccc(OC)c1)N(C)CCc1cccs1. The second kappa shape index (κ2) is 10.6. The predicted molar refractivity (Wildman–Crippen MR) is 105 cm³/mol. The van der Waals surface area contributed by atoms with Crippen molar-refractivity contribution >= 4 is 17.3 Å². The van der Waals surface area contributed by atoms with E-state index in [-0.39, 0.29) is 0 Å². The van der Waals surface area contributed by atoms with Crippen molar-refractivity contribution in [3.63, 3.8) is 0 Å². The van der Waals surface area contributed by atoms with E-state index in [9.17, 15) is 0 Å². The largest absolute Gasteiger partial charge is 0.497 e. The maximum absolute atomic E-state index is 5.75. The Morgan fingerprint density at radius 3 is 2.80 bits per heavy atom. The summed E-state index contributed by atoms with van der Waals surface area (Å²) < 4.78 is 10.9. The lowest BCUT2D eigenvalue weighted by molar-refractivity contribution is 0.308. The molecule has 0 aliphatic carbocycles. The first-order chi connectivity index (χ1) is 12.2. The molecule has 0 bridgehead atoms. The second-order valence-corrected chi connectivity index (χ2v) is 6.64. The summed E-state index contributed by atoms with van der Waals surface area (Å²) in [5.74, 6) is 2.55. The average molecular weight is 362 g/mol. The highest BCUT2D eigenvalue weighted by molar-refractivity contribution is 7.09. The number of ether oxygens (including phenoxy) is 2. The number of nitrogens with zero attached hydrogens (tertiary/aromatic N) is 2. The Morgan fingerprint density at radius 2 is 2.08 bits per heavy atom. The molecule has 0 atom stereocenters. The summed E-state index contributed by atoms with van der Waals surface area (Å²) in [6.07, 6.45) is 1.93. The van der Waals surface area contributed by atoms with Crippen molar-refractivity contribution < 1.29 is 9.47 Å². The van der Waals surface area contributed by atoms with Crippen LogP contribution in [0.2, 0.25) is 0 Å². The summed E-state index contributed by atoms with van der Waals surface area (Å²) in [6, 6.07) is 11.9. The van der Waals surface area contributed by atoms with Gasteiger partial charge in [0.25, 0.3) is 0 Å². The van der Waals surface area contributed by atoms with Crippen LogP contribution in [0.25, 0.3) is 0 Å². The first kappa shape index (κ1) is 19.1. The van der Waals surface area contributed by atoms with Crippen molar-refractivity contribution in [2.24, 2.45) is 4.99 Å². The van der Waals surface area contributed by atoms with Gasteiger partial charge in [0.1, 0.15) is 11.5 Å². The maximum atomic E-state index is 5.75. The molecule has 6 heteroatoms. The fraction of sp³-hybridized carbons (Fsp3) is 0.421. The van der Waals surface area contributed by atoms with Gasteiger partial charge in [-0.25, -0.2) is 0 Å². The first-order valence-corrected chi connectivity index (χ1v) is 9.32. The topological polar surface area (TPSA) is 46.1 Å². The van der Waals surface area contributed by atoms with Crippen LogP contribution in [0.4, 0.5) is 0 Å². The van der Waals surface area contributed by atoms with Crippen LogP contribution in [0.3, 0.4) is 0 Å². The highest BCUT2D eigenvalue weighted by Crippen LogP contribution is 2.18. The summed E-state index contributed by atoms with van der Waals surface area (Å²) in [4.78, 5) is 7.90. The van der Waals surface area contributed by atoms with E-state index >= 15 is 0 Å². The van der Waals surface area contributed by atoms with Gasteiger partial charge in [0.2, 0.25) is 0 Å². The Balaban J connectivity index is 1.64. The lowest BCUT2D eigenvalue weighted by Gasteiger charge is -2.21. The number of benzene rings is 1. The van der Waals surface area contributed by atoms with Crippen molar-refractivity contribution in [2.75, 3.05) is 40.9 Å². The third-order valence-corrected chi connectivity index (χ3v) is 4.70. The maximum Gasteiger partial charge on any atom is 0.193 e. The number of hydrogen-bond acceptors (Lipinski definition) is 4. The van der Waals surface area contributed by atoms with Gasteiger partial charge in [-0.3, -0.25) is 4.99 Å². The van der Waals surface area contributed by atoms with E-state index in [0.717, 1.165) is 43.4 Å². The van der Waals surface area contributed by atoms with Crippen molar-refractivity contribution in [1.29, 1.82) is 0 Å². The number of likely N-dealkylation sites (N-methyl/N-ethyl adjacent to an activating group) is 1. The zero-order valence-corrected chi connectivity index (χ0v) is 16.0. The fourth-order valence-electron chi connectivity index (χ4n) is 2.38. The number of hydrogen-bond donors (Lipinski definition) is 1. The van der Waals surface area contributed by atoms with Crippen molar-refractivity contribution in [2.45, 2.75) is 12.8 Å². The van der Waals surface area contributed by atoms with Crippen LogP contribution < -0.4 is 14.8 Å². The molecule has 2 aromatic rings. The van der Waals surface area contributed by atoms with Gasteiger partial charge in [-0.15, -0.1) is 11.3 Å². The molecule has 0 saturated heterocycles. The second-order valence-electron chi connectivity index (χ2n) is 5.61. The molecule has 0 aliphatic heterocycles. The molecule has 1 N–H and O–H groups in total. The predicted octanol–water partition coefficient (Wildman–Crippen LogP) is 3.28. The van der Waals surface area contributed by atoms with Gasteiger partial charge in [-0.05, 0) is 36.4 Å². The van der Waals surface area contributed by atoms with Crippen LogP contribution in [0.1, 0.15) is 11.3 Å². The summed E-state index contributed by atoms with van der Waals surface area (Å²) in [7, 11) is 5.54. The molecular formula is C19H27N3O2S. The molecule has 2 rings (SSSR count). The van der Waals surface area contributed by atoms with Crippen LogP contribution in [-0.2, 0) is 6.42 Å². The van der Waals surface area contributed by atoms with Gasteiger partial charge in [0.05, 0.1) is 13.7 Å². The first-order valence-electron chi connectivity index (χ1n) is 8.44. The van der Waals surface area contributed by atoms with E-state index in [1.807, 2.05) is 31.3 Å². The Morgan fingerprint density at radius 1 is 1.24 bits per heavy atom. The zero-order valence-electron chi connectivity index (χ0n) is 15.2. The van der Waals surface area contributed by atoms with Crippen molar-refractivity contribution in [1.82, 2.24) is 10.2 Å². The monoisotopic (exact) mass is 361 g/mol. The van der Waals surface area contributed by atoms with Gasteiger partial charge in [-0.1, -0.05) is 12.1 Å². The highest BCUT2D eigenvalue weighted by atomic mass is 32.1. The molecule has 0 radical (unpaired) electrons. The number of aliphatic imine (C=N–C) groups is 1. The Hall–Kier alpha value is -2.21. The quantitative estimate of drug-likeness (QED) is 0.423. The molecule has 25 heavy (non-hydrogen) atoms. The summed E-state index contributed by atoms with van der Waals surface area (Å²) >= 11 is 1.80. The fourth-order valence-corrected chi connectivity index (χ4v) is 3.07. The highest BCUT2D eigenvalue weighted by Gasteiger charge is 2.06. The third-order valence-electron chi connectivity index (χ3n) is 3.76. The van der Waals surface area contributed by atoms with Crippen molar-refractivity contribution in [3.05, 3.63) is 46.7 Å². The number of nitrogens with one attached hydrogen (secondary N) is 1. The number of guanidine groups is 1. The third kappa shape index (κ3) is 6.66. The summed E-state index contributed by atoms with van der Waals surface area (Å²) in [6.45, 7) is 2.41. The van der Waals surface area contributed by atoms with E-state index < -0.39 is 0 Å². The van der Waals surface area contributed by atoms with E-state index in [1.54, 1.807) is 18.4 Å². The normalized spacial score (nSPS) is 11.2. The summed E-state index contributed by atoms with van der Waals surface area (Å²) in [5.41, 5.74) is 0. The molecular weight excluding hydrogens is 334 g/mol. The average Bonchev–Trinajstić information content (AvgIpc) is 3.16. The number of thiophene rings is 1. The Labute approximate surface area is 154 Å². The molecule has 0 fully saturated rings. The lowest BCUT2D eigenvalue weighted by atomic mass is 10.3. The molecule has 0 saturated carbocycles. The minimum atomic E-state index is 0.649. The van der Waals surface area contributed by atoms with E-state index in [4.69, 9.17) is 9.47 Å². The van der Waals surface area contributed by atoms with Crippen LogP contribution in [0.15, 0.2) is 46.8 Å². The molecule has 0 spiro atoms. The molecule has 0 amide bonds. The zero-order chi connectivity index (χ0) is 17.9. The van der Waals surface area contributed by atoms with Crippen LogP contribution in [-0.4, -0.2) is 51.8 Å². The molecule has 136 valence electrons. The molecule has 1 heterocycles. The van der Waals surface area contributed by atoms with Gasteiger partial charge >= 0.3 is 0 Å². The van der Waals surface area contributed by atoms with Gasteiger partial charge in [0.15, 0.2) is 5.96 Å². The standard InChI is InChI=1S/C19H27N3O2S/c1-20-19(22(2)12-10-18-9-5-14-25-18)21-11-6-13-24-17-8-4-7-16(15-17)23-3/h4-5,7-9,14-15H,6,10-13H2,1-3H3,(H,20,21). The minimum absolute atomic E-state index is 0.649. The molecule has 1 aromatic carbocycles. The summed E-state index contributed by atoms with van der Waals surface area (Å²) in [5, 5.41) is 5.50. The van der Waals surface area contributed by atoms with Crippen LogP contribution in [0.5, 0.6) is 11.5 Å². The molecule has 5 nitrogen and oxygen atoms in total. The molecule has 0 aliphatic rings. The van der Waals surface area contributed by atoms with E-state index in [2.05, 4.69) is 39.8 Å². The molecule has 1 aromatic heterocycles. The van der Waals surface area contributed by atoms with Crippen LogP contribution in [0, 0.1) is 0 Å². The molecule has 0 unspecified atom stereocenters. The minimum Gasteiger partial charge on any atom is -0.497 e. The lowest BCUT2D eigenvalue weighted by Crippen LogP contribution is -2.40. The van der Waals surface area contributed by atoms with Gasteiger partial charge in [0, 0.05) is 38.1 Å².